The van der Waals surface area contributed by atoms with Crippen LogP contribution in [0, 0.1) is 0 Å². The van der Waals surface area contributed by atoms with E-state index in [0.29, 0.717) is 18.8 Å². The van der Waals surface area contributed by atoms with Gasteiger partial charge in [0.25, 0.3) is 0 Å². The molecule has 7 nitrogen and oxygen atoms in total. The zero-order valence-electron chi connectivity index (χ0n) is 20.2. The molecule has 0 aliphatic carbocycles. The summed E-state index contributed by atoms with van der Waals surface area (Å²) in [6.07, 6.45) is -2.30. The Morgan fingerprint density at radius 1 is 0.919 bits per heavy atom. The van der Waals surface area contributed by atoms with Gasteiger partial charge in [0, 0.05) is 45.5 Å². The molecule has 3 aromatic rings. The van der Waals surface area contributed by atoms with Crippen molar-refractivity contribution in [2.45, 2.75) is 24.0 Å². The Morgan fingerprint density at radius 2 is 1.62 bits per heavy atom. The lowest BCUT2D eigenvalue weighted by atomic mass is 10.2. The van der Waals surface area contributed by atoms with Crippen LogP contribution in [0.2, 0.25) is 0 Å². The fraction of sp³-hybridized carbons (Fsp3) is 0.346. The van der Waals surface area contributed by atoms with Crippen molar-refractivity contribution in [1.29, 1.82) is 0 Å². The van der Waals surface area contributed by atoms with E-state index in [-0.39, 0.29) is 11.4 Å². The molecule has 0 amide bonds. The lowest BCUT2D eigenvalue weighted by Crippen LogP contribution is -2.46. The molecule has 1 saturated heterocycles. The number of halogens is 3. The number of sulfonamides is 1. The van der Waals surface area contributed by atoms with Gasteiger partial charge in [-0.15, -0.1) is 0 Å². The summed E-state index contributed by atoms with van der Waals surface area (Å²) in [6.45, 7) is 5.02. The second-order valence-corrected chi connectivity index (χ2v) is 10.5. The van der Waals surface area contributed by atoms with Crippen molar-refractivity contribution in [2.75, 3.05) is 44.2 Å². The van der Waals surface area contributed by atoms with E-state index in [1.54, 1.807) is 0 Å². The van der Waals surface area contributed by atoms with Crippen LogP contribution in [0.15, 0.2) is 77.8 Å². The molecule has 11 heteroatoms. The molecule has 1 aromatic heterocycles. The molecule has 0 unspecified atom stereocenters. The van der Waals surface area contributed by atoms with E-state index in [1.165, 1.54) is 5.56 Å². The third kappa shape index (κ3) is 7.67. The van der Waals surface area contributed by atoms with Crippen LogP contribution < -0.4 is 14.4 Å². The maximum atomic E-state index is 12.7. The Labute approximate surface area is 214 Å². The van der Waals surface area contributed by atoms with Gasteiger partial charge in [-0.25, -0.2) is 18.1 Å². The molecular formula is C26H29F3N4O3S. The number of aromatic nitrogens is 1. The molecule has 1 aliphatic rings. The molecule has 0 bridgehead atoms. The quantitative estimate of drug-likeness (QED) is 0.394. The van der Waals surface area contributed by atoms with Crippen LogP contribution in [0.5, 0.6) is 5.75 Å². The Kier molecular flexibility index (Phi) is 8.67. The molecule has 0 atom stereocenters. The molecule has 0 spiro atoms. The highest BCUT2D eigenvalue weighted by Gasteiger charge is 2.30. The maximum Gasteiger partial charge on any atom is 0.416 e. The van der Waals surface area contributed by atoms with Crippen molar-refractivity contribution in [3.05, 3.63) is 84.1 Å². The average Bonchev–Trinajstić information content (AvgIpc) is 2.90. The first-order valence-electron chi connectivity index (χ1n) is 12.0. The topological polar surface area (TPSA) is 74.8 Å². The van der Waals surface area contributed by atoms with Gasteiger partial charge in [0.2, 0.25) is 10.0 Å². The van der Waals surface area contributed by atoms with E-state index in [9.17, 15) is 21.6 Å². The van der Waals surface area contributed by atoms with Crippen LogP contribution in [0.25, 0.3) is 0 Å². The van der Waals surface area contributed by atoms with Gasteiger partial charge >= 0.3 is 6.18 Å². The van der Waals surface area contributed by atoms with E-state index >= 15 is 0 Å². The average molecular weight is 535 g/mol. The predicted molar refractivity (Wildman–Crippen MR) is 135 cm³/mol. The smallest absolute Gasteiger partial charge is 0.416 e. The van der Waals surface area contributed by atoms with Gasteiger partial charge < -0.3 is 9.64 Å². The van der Waals surface area contributed by atoms with Crippen LogP contribution >= 0.6 is 0 Å². The summed E-state index contributed by atoms with van der Waals surface area (Å²) in [4.78, 5) is 8.90. The van der Waals surface area contributed by atoms with Crippen LogP contribution in [0.1, 0.15) is 17.5 Å². The van der Waals surface area contributed by atoms with E-state index in [0.717, 1.165) is 62.8 Å². The van der Waals surface area contributed by atoms with E-state index in [4.69, 9.17) is 4.74 Å². The van der Waals surface area contributed by atoms with Crippen molar-refractivity contribution >= 4 is 15.8 Å². The van der Waals surface area contributed by atoms with Crippen LogP contribution in [-0.2, 0) is 22.7 Å². The van der Waals surface area contributed by atoms with Crippen molar-refractivity contribution < 1.29 is 26.3 Å². The Balaban J connectivity index is 1.15. The summed E-state index contributed by atoms with van der Waals surface area (Å²) in [6, 6.07) is 17.2. The molecule has 37 heavy (non-hydrogen) atoms. The Morgan fingerprint density at radius 3 is 2.24 bits per heavy atom. The zero-order valence-corrected chi connectivity index (χ0v) is 21.0. The molecule has 4 rings (SSSR count). The van der Waals surface area contributed by atoms with Gasteiger partial charge in [0.1, 0.15) is 11.6 Å². The zero-order chi connectivity index (χ0) is 26.3. The largest absolute Gasteiger partial charge is 0.494 e. The first-order chi connectivity index (χ1) is 17.7. The van der Waals surface area contributed by atoms with Crippen LogP contribution in [0.3, 0.4) is 0 Å². The van der Waals surface area contributed by atoms with E-state index < -0.39 is 21.8 Å². The van der Waals surface area contributed by atoms with Crippen molar-refractivity contribution in [2.24, 2.45) is 0 Å². The number of rotatable bonds is 10. The standard InChI is InChI=1S/C26H29F3N4O3S/c27-26(28,29)22-7-11-24(12-8-22)37(34,35)31-14-3-19-36-23-9-5-21(6-10-23)20-32-15-17-33(18-16-32)25-4-1-2-13-30-25/h1-2,4-13,31H,3,14-20H2. The van der Waals surface area contributed by atoms with Crippen molar-refractivity contribution in [1.82, 2.24) is 14.6 Å². The van der Waals surface area contributed by atoms with Gasteiger partial charge in [-0.3, -0.25) is 4.90 Å². The van der Waals surface area contributed by atoms with Gasteiger partial charge in [-0.1, -0.05) is 18.2 Å². The number of hydrogen-bond donors (Lipinski definition) is 1. The fourth-order valence-corrected chi connectivity index (χ4v) is 5.07. The molecule has 2 heterocycles. The monoisotopic (exact) mass is 534 g/mol. The summed E-state index contributed by atoms with van der Waals surface area (Å²) in [5.41, 5.74) is 0.289. The van der Waals surface area contributed by atoms with Gasteiger partial charge in [0.05, 0.1) is 17.1 Å². The molecule has 1 fully saturated rings. The minimum Gasteiger partial charge on any atom is -0.494 e. The number of alkyl halides is 3. The number of anilines is 1. The molecule has 2 aromatic carbocycles. The molecule has 1 aliphatic heterocycles. The van der Waals surface area contributed by atoms with Crippen LogP contribution in [-0.4, -0.2) is 57.6 Å². The van der Waals surface area contributed by atoms with Gasteiger partial charge in [0.15, 0.2) is 0 Å². The lowest BCUT2D eigenvalue weighted by Gasteiger charge is -2.35. The number of hydrogen-bond acceptors (Lipinski definition) is 6. The minimum absolute atomic E-state index is 0.103. The summed E-state index contributed by atoms with van der Waals surface area (Å²) in [5, 5.41) is 0. The maximum absolute atomic E-state index is 12.7. The Hall–Kier alpha value is -3.15. The number of pyridine rings is 1. The van der Waals surface area contributed by atoms with E-state index in [2.05, 4.69) is 19.5 Å². The van der Waals surface area contributed by atoms with E-state index in [1.807, 2.05) is 48.7 Å². The number of ether oxygens (including phenoxy) is 1. The summed E-state index contributed by atoms with van der Waals surface area (Å²) in [7, 11) is -3.89. The summed E-state index contributed by atoms with van der Waals surface area (Å²) < 4.78 is 70.6. The lowest BCUT2D eigenvalue weighted by molar-refractivity contribution is -0.137. The van der Waals surface area contributed by atoms with Gasteiger partial charge in [-0.05, 0) is 60.5 Å². The normalized spacial score (nSPS) is 15.1. The second kappa shape index (κ2) is 11.9. The minimum atomic E-state index is -4.51. The fourth-order valence-electron chi connectivity index (χ4n) is 4.00. The first-order valence-corrected chi connectivity index (χ1v) is 13.5. The summed E-state index contributed by atoms with van der Waals surface area (Å²) in [5.74, 6) is 1.70. The highest BCUT2D eigenvalue weighted by molar-refractivity contribution is 7.89. The summed E-state index contributed by atoms with van der Waals surface area (Å²) >= 11 is 0. The third-order valence-electron chi connectivity index (χ3n) is 6.05. The second-order valence-electron chi connectivity index (χ2n) is 8.72. The number of nitrogens with one attached hydrogen (secondary N) is 1. The van der Waals surface area contributed by atoms with Crippen molar-refractivity contribution in [3.8, 4) is 5.75 Å². The first kappa shape index (κ1) is 26.9. The number of piperazine rings is 1. The van der Waals surface area contributed by atoms with Crippen molar-refractivity contribution in [3.63, 3.8) is 0 Å². The molecular weight excluding hydrogens is 505 g/mol. The highest BCUT2D eigenvalue weighted by Crippen LogP contribution is 2.29. The SMILES string of the molecule is O=S(=O)(NCCCOc1ccc(CN2CCN(c3ccccn3)CC2)cc1)c1ccc(C(F)(F)F)cc1. The third-order valence-corrected chi connectivity index (χ3v) is 7.53. The van der Waals surface area contributed by atoms with Gasteiger partial charge in [-0.2, -0.15) is 13.2 Å². The molecule has 1 N–H and O–H groups in total. The number of benzene rings is 2. The molecule has 0 radical (unpaired) electrons. The Bertz CT molecular complexity index is 1230. The predicted octanol–water partition coefficient (Wildman–Crippen LogP) is 4.17. The number of nitrogens with zero attached hydrogens (tertiary/aromatic N) is 3. The molecule has 198 valence electrons. The highest BCUT2D eigenvalue weighted by atomic mass is 32.2. The molecule has 0 saturated carbocycles. The van der Waals surface area contributed by atoms with Crippen LogP contribution in [0.4, 0.5) is 19.0 Å².